The molecule has 174 valence electrons. The molecule has 0 unspecified atom stereocenters. The maximum Gasteiger partial charge on any atom is 0.243 e. The van der Waals surface area contributed by atoms with Gasteiger partial charge in [0.25, 0.3) is 0 Å². The Balaban J connectivity index is 1.23. The maximum atomic E-state index is 13.2. The van der Waals surface area contributed by atoms with Crippen molar-refractivity contribution in [2.24, 2.45) is 0 Å². The Kier molecular flexibility index (Phi) is 6.22. The van der Waals surface area contributed by atoms with Crippen LogP contribution in [0, 0.1) is 6.92 Å². The molecular weight excluding hydrogens is 448 g/mol. The summed E-state index contributed by atoms with van der Waals surface area (Å²) in [4.78, 5) is 4.70. The predicted octanol–water partition coefficient (Wildman–Crippen LogP) is 5.57. The van der Waals surface area contributed by atoms with Crippen molar-refractivity contribution >= 4 is 20.9 Å². The summed E-state index contributed by atoms with van der Waals surface area (Å²) in [5.74, 6) is 2.09. The summed E-state index contributed by atoms with van der Waals surface area (Å²) in [6.07, 6.45) is 2.94. The number of aryl methyl sites for hydroxylation is 1. The largest absolute Gasteiger partial charge is 0.488 e. The molecule has 0 amide bonds. The summed E-state index contributed by atoms with van der Waals surface area (Å²) in [5, 5.41) is 1.02. The minimum absolute atomic E-state index is 0.0519. The molecular formula is C27H26N2O4S. The van der Waals surface area contributed by atoms with Gasteiger partial charge < -0.3 is 9.47 Å². The van der Waals surface area contributed by atoms with Crippen molar-refractivity contribution < 1.29 is 17.9 Å². The van der Waals surface area contributed by atoms with Crippen LogP contribution in [0.4, 0.5) is 0 Å². The van der Waals surface area contributed by atoms with E-state index in [1.165, 1.54) is 4.31 Å². The molecule has 1 fully saturated rings. The number of rotatable bonds is 6. The van der Waals surface area contributed by atoms with Gasteiger partial charge in [0, 0.05) is 24.7 Å². The van der Waals surface area contributed by atoms with Gasteiger partial charge in [0.15, 0.2) is 0 Å². The number of fused-ring (bicyclic) bond motifs is 1. The molecule has 7 heteroatoms. The molecule has 34 heavy (non-hydrogen) atoms. The number of benzene rings is 3. The van der Waals surface area contributed by atoms with Crippen LogP contribution in [0.15, 0.2) is 90.0 Å². The summed E-state index contributed by atoms with van der Waals surface area (Å²) in [5.41, 5.74) is 1.84. The zero-order valence-corrected chi connectivity index (χ0v) is 19.7. The molecule has 1 aliphatic heterocycles. The molecule has 1 saturated heterocycles. The molecule has 0 radical (unpaired) electrons. The van der Waals surface area contributed by atoms with Crippen molar-refractivity contribution in [3.8, 4) is 17.2 Å². The second kappa shape index (κ2) is 9.44. The molecule has 4 aromatic rings. The van der Waals surface area contributed by atoms with E-state index in [-0.39, 0.29) is 11.0 Å². The molecule has 0 saturated carbocycles. The summed E-state index contributed by atoms with van der Waals surface area (Å²) in [6, 6.07) is 24.1. The first kappa shape index (κ1) is 22.4. The molecule has 0 N–H and O–H groups in total. The first-order valence-corrected chi connectivity index (χ1v) is 12.8. The summed E-state index contributed by atoms with van der Waals surface area (Å²) in [6.45, 7) is 2.79. The average molecular weight is 475 g/mol. The Morgan fingerprint density at radius 1 is 0.853 bits per heavy atom. The number of hydrogen-bond acceptors (Lipinski definition) is 5. The van der Waals surface area contributed by atoms with E-state index >= 15 is 0 Å². The van der Waals surface area contributed by atoms with Gasteiger partial charge in [0.05, 0.1) is 4.90 Å². The highest BCUT2D eigenvalue weighted by Gasteiger charge is 2.30. The predicted molar refractivity (Wildman–Crippen MR) is 132 cm³/mol. The van der Waals surface area contributed by atoms with Crippen LogP contribution in [0.5, 0.6) is 17.2 Å². The van der Waals surface area contributed by atoms with E-state index < -0.39 is 10.0 Å². The summed E-state index contributed by atoms with van der Waals surface area (Å²) in [7, 11) is -3.58. The lowest BCUT2D eigenvalue weighted by atomic mass is 10.1. The molecule has 6 nitrogen and oxygen atoms in total. The molecule has 0 spiro atoms. The zero-order chi connectivity index (χ0) is 23.5. The number of piperidine rings is 1. The van der Waals surface area contributed by atoms with Crippen molar-refractivity contribution in [2.75, 3.05) is 13.1 Å². The van der Waals surface area contributed by atoms with Gasteiger partial charge in [-0.05, 0) is 67.8 Å². The van der Waals surface area contributed by atoms with Crippen LogP contribution in [-0.2, 0) is 10.0 Å². The lowest BCUT2D eigenvalue weighted by molar-refractivity contribution is 0.136. The second-order valence-electron chi connectivity index (χ2n) is 8.39. The Morgan fingerprint density at radius 2 is 1.56 bits per heavy atom. The summed E-state index contributed by atoms with van der Waals surface area (Å²) < 4.78 is 40.0. The van der Waals surface area contributed by atoms with Crippen LogP contribution >= 0.6 is 0 Å². The highest BCUT2D eigenvalue weighted by atomic mass is 32.2. The third-order valence-electron chi connectivity index (χ3n) is 6.07. The molecule has 1 aromatic heterocycles. The Bertz CT molecular complexity index is 1390. The number of hydrogen-bond donors (Lipinski definition) is 0. The number of sulfonamides is 1. The number of para-hydroxylation sites is 2. The van der Waals surface area contributed by atoms with E-state index in [0.717, 1.165) is 28.0 Å². The molecule has 0 bridgehead atoms. The van der Waals surface area contributed by atoms with Gasteiger partial charge in [-0.2, -0.15) is 4.31 Å². The zero-order valence-electron chi connectivity index (χ0n) is 18.9. The van der Waals surface area contributed by atoms with E-state index in [4.69, 9.17) is 9.47 Å². The average Bonchev–Trinajstić information content (AvgIpc) is 2.86. The minimum atomic E-state index is -3.58. The van der Waals surface area contributed by atoms with Gasteiger partial charge in [-0.15, -0.1) is 0 Å². The standard InChI is InChI=1S/C27H26N2O4S/c1-20-6-2-3-9-25(20)32-22-11-13-24(14-12-22)34(30,31)29-18-15-23(16-19-29)33-26-10-4-7-21-8-5-17-28-27(21)26/h2-14,17,23H,15-16,18-19H2,1H3. The van der Waals surface area contributed by atoms with Gasteiger partial charge in [0.2, 0.25) is 10.0 Å². The van der Waals surface area contributed by atoms with Crippen molar-refractivity contribution in [1.29, 1.82) is 0 Å². The lowest BCUT2D eigenvalue weighted by Gasteiger charge is -2.31. The van der Waals surface area contributed by atoms with E-state index in [9.17, 15) is 8.42 Å². The van der Waals surface area contributed by atoms with Crippen LogP contribution in [-0.4, -0.2) is 36.9 Å². The van der Waals surface area contributed by atoms with E-state index in [1.54, 1.807) is 30.5 Å². The van der Waals surface area contributed by atoms with Gasteiger partial charge in [-0.1, -0.05) is 36.4 Å². The van der Waals surface area contributed by atoms with Gasteiger partial charge in [-0.3, -0.25) is 4.98 Å². The van der Waals surface area contributed by atoms with Crippen LogP contribution in [0.2, 0.25) is 0 Å². The fraction of sp³-hybridized carbons (Fsp3) is 0.222. The smallest absolute Gasteiger partial charge is 0.243 e. The SMILES string of the molecule is Cc1ccccc1Oc1ccc(S(=O)(=O)N2CCC(Oc3cccc4cccnc34)CC2)cc1. The Hall–Kier alpha value is -3.42. The molecule has 2 heterocycles. The Morgan fingerprint density at radius 3 is 2.32 bits per heavy atom. The van der Waals surface area contributed by atoms with Gasteiger partial charge in [-0.25, -0.2) is 8.42 Å². The van der Waals surface area contributed by atoms with E-state index in [2.05, 4.69) is 4.98 Å². The Labute approximate surface area is 199 Å². The number of nitrogens with zero attached hydrogens (tertiary/aromatic N) is 2. The van der Waals surface area contributed by atoms with Crippen molar-refractivity contribution in [3.05, 3.63) is 90.6 Å². The third kappa shape index (κ3) is 4.62. The van der Waals surface area contributed by atoms with Crippen molar-refractivity contribution in [3.63, 3.8) is 0 Å². The third-order valence-corrected chi connectivity index (χ3v) is 7.99. The maximum absolute atomic E-state index is 13.2. The molecule has 3 aromatic carbocycles. The van der Waals surface area contributed by atoms with E-state index in [1.807, 2.05) is 61.5 Å². The van der Waals surface area contributed by atoms with Crippen molar-refractivity contribution in [1.82, 2.24) is 9.29 Å². The van der Waals surface area contributed by atoms with Crippen LogP contribution < -0.4 is 9.47 Å². The quantitative estimate of drug-likeness (QED) is 0.366. The van der Waals surface area contributed by atoms with Crippen LogP contribution in [0.25, 0.3) is 10.9 Å². The van der Waals surface area contributed by atoms with Gasteiger partial charge >= 0.3 is 0 Å². The fourth-order valence-corrected chi connectivity index (χ4v) is 5.64. The first-order chi connectivity index (χ1) is 16.5. The summed E-state index contributed by atoms with van der Waals surface area (Å²) >= 11 is 0. The number of pyridine rings is 1. The fourth-order valence-electron chi connectivity index (χ4n) is 4.17. The van der Waals surface area contributed by atoms with Crippen LogP contribution in [0.3, 0.4) is 0 Å². The molecule has 0 atom stereocenters. The minimum Gasteiger partial charge on any atom is -0.488 e. The number of aromatic nitrogens is 1. The molecule has 5 rings (SSSR count). The topological polar surface area (TPSA) is 68.7 Å². The lowest BCUT2D eigenvalue weighted by Crippen LogP contribution is -2.41. The van der Waals surface area contributed by atoms with Crippen molar-refractivity contribution in [2.45, 2.75) is 30.8 Å². The monoisotopic (exact) mass is 474 g/mol. The number of ether oxygens (including phenoxy) is 2. The molecule has 1 aliphatic rings. The normalized spacial score (nSPS) is 15.3. The second-order valence-corrected chi connectivity index (χ2v) is 10.3. The highest BCUT2D eigenvalue weighted by Crippen LogP contribution is 2.29. The van der Waals surface area contributed by atoms with E-state index in [0.29, 0.717) is 31.7 Å². The highest BCUT2D eigenvalue weighted by molar-refractivity contribution is 7.89. The van der Waals surface area contributed by atoms with Crippen LogP contribution in [0.1, 0.15) is 18.4 Å². The molecule has 0 aliphatic carbocycles. The van der Waals surface area contributed by atoms with Gasteiger partial charge in [0.1, 0.15) is 28.9 Å². The first-order valence-electron chi connectivity index (χ1n) is 11.3.